The third-order valence-electron chi connectivity index (χ3n) is 6.45. The molecule has 2 heterocycles. The third-order valence-corrected chi connectivity index (χ3v) is 8.39. The SMILES string of the molecule is Cc1cc(C(=O)N2CCC(O)CC2)cc(C)c1CC(F)(F)S(=O)(=O)N1CCC(N)(N)CC1. The highest BCUT2D eigenvalue weighted by atomic mass is 32.2. The van der Waals surface area contributed by atoms with E-state index < -0.39 is 33.5 Å². The van der Waals surface area contributed by atoms with Crippen molar-refractivity contribution >= 4 is 15.9 Å². The number of piperidine rings is 2. The predicted molar refractivity (Wildman–Crippen MR) is 117 cm³/mol. The Balaban J connectivity index is 1.78. The van der Waals surface area contributed by atoms with E-state index in [1.165, 1.54) is 12.1 Å². The Labute approximate surface area is 187 Å². The molecule has 1 aromatic rings. The van der Waals surface area contributed by atoms with E-state index in [-0.39, 0.29) is 37.4 Å². The number of nitrogens with two attached hydrogens (primary N) is 2. The number of likely N-dealkylation sites (tertiary alicyclic amines) is 1. The number of sulfonamides is 1. The van der Waals surface area contributed by atoms with Gasteiger partial charge in [-0.15, -0.1) is 0 Å². The summed E-state index contributed by atoms with van der Waals surface area (Å²) >= 11 is 0. The number of alkyl halides is 2. The van der Waals surface area contributed by atoms with Gasteiger partial charge in [0.15, 0.2) is 0 Å². The maximum absolute atomic E-state index is 15.0. The van der Waals surface area contributed by atoms with Crippen LogP contribution in [0.4, 0.5) is 8.78 Å². The van der Waals surface area contributed by atoms with Crippen molar-refractivity contribution in [2.45, 2.75) is 63.0 Å². The van der Waals surface area contributed by atoms with E-state index in [9.17, 15) is 18.3 Å². The van der Waals surface area contributed by atoms with Crippen molar-refractivity contribution in [1.82, 2.24) is 9.21 Å². The van der Waals surface area contributed by atoms with Crippen molar-refractivity contribution < 1.29 is 27.1 Å². The molecule has 8 nitrogen and oxygen atoms in total. The molecular weight excluding hydrogens is 442 g/mol. The maximum atomic E-state index is 15.0. The van der Waals surface area contributed by atoms with Crippen LogP contribution in [0.3, 0.4) is 0 Å². The molecule has 0 spiro atoms. The fourth-order valence-corrected chi connectivity index (χ4v) is 5.64. The molecule has 0 aliphatic carbocycles. The zero-order valence-electron chi connectivity index (χ0n) is 18.5. The van der Waals surface area contributed by atoms with Gasteiger partial charge in [0.2, 0.25) is 0 Å². The topological polar surface area (TPSA) is 130 Å². The number of aryl methyl sites for hydroxylation is 2. The molecule has 0 aromatic heterocycles. The summed E-state index contributed by atoms with van der Waals surface area (Å²) in [5.74, 6) is -0.227. The standard InChI is InChI=1S/C21H32F2N4O4S/c1-14-11-16(19(29)26-7-3-17(28)4-8-26)12-15(2)18(14)13-21(22,23)32(30,31)27-9-5-20(24,25)6-10-27/h11-12,17,28H,3-10,13,24-25H2,1-2H3. The molecule has 0 atom stereocenters. The van der Waals surface area contributed by atoms with Crippen molar-refractivity contribution in [3.63, 3.8) is 0 Å². The quantitative estimate of drug-likeness (QED) is 0.548. The van der Waals surface area contributed by atoms with Crippen LogP contribution in [0.25, 0.3) is 0 Å². The zero-order valence-corrected chi connectivity index (χ0v) is 19.3. The van der Waals surface area contributed by atoms with Crippen LogP contribution in [-0.2, 0) is 16.4 Å². The van der Waals surface area contributed by atoms with Gasteiger partial charge in [0.1, 0.15) is 0 Å². The number of carbonyl (C=O) groups is 1. The van der Waals surface area contributed by atoms with Crippen LogP contribution in [0, 0.1) is 13.8 Å². The number of amides is 1. The van der Waals surface area contributed by atoms with Crippen molar-refractivity contribution in [2.75, 3.05) is 26.2 Å². The smallest absolute Gasteiger partial charge is 0.363 e. The monoisotopic (exact) mass is 474 g/mol. The maximum Gasteiger partial charge on any atom is 0.363 e. The van der Waals surface area contributed by atoms with Gasteiger partial charge in [-0.1, -0.05) is 0 Å². The van der Waals surface area contributed by atoms with Crippen LogP contribution in [0.2, 0.25) is 0 Å². The van der Waals surface area contributed by atoms with E-state index in [1.54, 1.807) is 18.7 Å². The molecular formula is C21H32F2N4O4S. The summed E-state index contributed by atoms with van der Waals surface area (Å²) in [6, 6.07) is 3.05. The van der Waals surface area contributed by atoms with Gasteiger partial charge in [0, 0.05) is 31.7 Å². The van der Waals surface area contributed by atoms with Crippen LogP contribution in [0.5, 0.6) is 0 Å². The molecule has 1 aromatic carbocycles. The molecule has 32 heavy (non-hydrogen) atoms. The molecule has 0 bridgehead atoms. The summed E-state index contributed by atoms with van der Waals surface area (Å²) in [4.78, 5) is 14.4. The van der Waals surface area contributed by atoms with Gasteiger partial charge in [-0.2, -0.15) is 13.1 Å². The lowest BCUT2D eigenvalue weighted by atomic mass is 9.96. The summed E-state index contributed by atoms with van der Waals surface area (Å²) in [5.41, 5.74) is 11.9. The molecule has 11 heteroatoms. The van der Waals surface area contributed by atoms with E-state index in [0.29, 0.717) is 42.6 Å². The number of aliphatic hydroxyl groups excluding tert-OH is 1. The fraction of sp³-hybridized carbons (Fsp3) is 0.667. The number of nitrogens with zero attached hydrogens (tertiary/aromatic N) is 2. The molecule has 2 saturated heterocycles. The molecule has 0 unspecified atom stereocenters. The molecule has 1 amide bonds. The summed E-state index contributed by atoms with van der Waals surface area (Å²) in [6.07, 6.45) is -0.199. The van der Waals surface area contributed by atoms with E-state index in [0.717, 1.165) is 4.31 Å². The van der Waals surface area contributed by atoms with Gasteiger partial charge in [0.25, 0.3) is 15.9 Å². The highest BCUT2D eigenvalue weighted by molar-refractivity contribution is 7.90. The molecule has 0 saturated carbocycles. The summed E-state index contributed by atoms with van der Waals surface area (Å²) in [6.45, 7) is 3.75. The number of benzene rings is 1. The number of hydrogen-bond donors (Lipinski definition) is 3. The molecule has 180 valence electrons. The highest BCUT2D eigenvalue weighted by Crippen LogP contribution is 2.34. The Kier molecular flexibility index (Phi) is 6.98. The van der Waals surface area contributed by atoms with Gasteiger partial charge < -0.3 is 21.5 Å². The summed E-state index contributed by atoms with van der Waals surface area (Å²) in [5, 5.41) is 5.61. The summed E-state index contributed by atoms with van der Waals surface area (Å²) in [7, 11) is -4.90. The van der Waals surface area contributed by atoms with E-state index in [4.69, 9.17) is 11.5 Å². The Hall–Kier alpha value is -1.66. The van der Waals surface area contributed by atoms with Crippen LogP contribution < -0.4 is 11.5 Å². The first-order valence-corrected chi connectivity index (χ1v) is 12.2. The lowest BCUT2D eigenvalue weighted by Gasteiger charge is -2.37. The molecule has 3 rings (SSSR count). The van der Waals surface area contributed by atoms with Crippen LogP contribution in [-0.4, -0.2) is 71.8 Å². The largest absolute Gasteiger partial charge is 0.393 e. The van der Waals surface area contributed by atoms with Crippen molar-refractivity contribution in [1.29, 1.82) is 0 Å². The van der Waals surface area contributed by atoms with E-state index in [1.807, 2.05) is 0 Å². The summed E-state index contributed by atoms with van der Waals surface area (Å²) < 4.78 is 56.1. The first kappa shape index (κ1) is 25.0. The number of carbonyl (C=O) groups excluding carboxylic acids is 1. The lowest BCUT2D eigenvalue weighted by Crippen LogP contribution is -2.59. The fourth-order valence-electron chi connectivity index (χ4n) is 4.28. The highest BCUT2D eigenvalue weighted by Gasteiger charge is 2.50. The van der Waals surface area contributed by atoms with Crippen molar-refractivity contribution in [3.8, 4) is 0 Å². The van der Waals surface area contributed by atoms with Crippen LogP contribution >= 0.6 is 0 Å². The minimum absolute atomic E-state index is 0.102. The second kappa shape index (κ2) is 8.94. The lowest BCUT2D eigenvalue weighted by molar-refractivity contribution is 0.0546. The van der Waals surface area contributed by atoms with Crippen LogP contribution in [0.1, 0.15) is 52.7 Å². The molecule has 2 aliphatic heterocycles. The third kappa shape index (κ3) is 5.12. The van der Waals surface area contributed by atoms with Crippen molar-refractivity contribution in [3.05, 3.63) is 34.4 Å². The number of aliphatic hydroxyl groups is 1. The molecule has 2 aliphatic rings. The van der Waals surface area contributed by atoms with Crippen LogP contribution in [0.15, 0.2) is 12.1 Å². The van der Waals surface area contributed by atoms with Gasteiger partial charge in [-0.3, -0.25) is 4.79 Å². The van der Waals surface area contributed by atoms with E-state index in [2.05, 4.69) is 0 Å². The predicted octanol–water partition coefficient (Wildman–Crippen LogP) is 1.07. The normalized spacial score (nSPS) is 21.0. The first-order chi connectivity index (χ1) is 14.7. The Morgan fingerprint density at radius 2 is 1.62 bits per heavy atom. The number of rotatable bonds is 5. The first-order valence-electron chi connectivity index (χ1n) is 10.8. The van der Waals surface area contributed by atoms with Crippen molar-refractivity contribution in [2.24, 2.45) is 11.5 Å². The molecule has 5 N–H and O–H groups in total. The Morgan fingerprint density at radius 3 is 2.12 bits per heavy atom. The minimum Gasteiger partial charge on any atom is -0.393 e. The second-order valence-corrected chi connectivity index (χ2v) is 11.1. The van der Waals surface area contributed by atoms with Gasteiger partial charge in [0.05, 0.1) is 18.2 Å². The second-order valence-electron chi connectivity index (χ2n) is 9.06. The van der Waals surface area contributed by atoms with Gasteiger partial charge >= 0.3 is 5.25 Å². The van der Waals surface area contributed by atoms with E-state index >= 15 is 8.78 Å². The number of hydrogen-bond acceptors (Lipinski definition) is 6. The average Bonchev–Trinajstić information content (AvgIpc) is 2.70. The Morgan fingerprint density at radius 1 is 1.12 bits per heavy atom. The molecule has 0 radical (unpaired) electrons. The van der Waals surface area contributed by atoms with Gasteiger partial charge in [-0.05, 0) is 68.4 Å². The minimum atomic E-state index is -4.90. The molecule has 2 fully saturated rings. The zero-order chi connectivity index (χ0) is 23.9. The Bertz CT molecular complexity index is 943. The van der Waals surface area contributed by atoms with Gasteiger partial charge in [-0.25, -0.2) is 8.42 Å². The number of halogens is 2. The average molecular weight is 475 g/mol.